The van der Waals surface area contributed by atoms with E-state index in [0.717, 1.165) is 37.1 Å². The lowest BCUT2D eigenvalue weighted by Gasteiger charge is -2.34. The second kappa shape index (κ2) is 7.61. The minimum atomic E-state index is 0.720. The molecular weight excluding hydrogens is 236 g/mol. The normalized spacial score (nSPS) is 30.5. The fourth-order valence-electron chi connectivity index (χ4n) is 4.19. The van der Waals surface area contributed by atoms with Crippen LogP contribution in [-0.4, -0.2) is 50.3 Å². The lowest BCUT2D eigenvalue weighted by Crippen LogP contribution is -2.46. The van der Waals surface area contributed by atoms with E-state index < -0.39 is 0 Å². The average molecular weight is 268 g/mol. The van der Waals surface area contributed by atoms with Gasteiger partial charge in [0.15, 0.2) is 0 Å². The maximum Gasteiger partial charge on any atom is 0.0589 e. The monoisotopic (exact) mass is 268 g/mol. The Morgan fingerprint density at radius 2 is 2.05 bits per heavy atom. The van der Waals surface area contributed by atoms with Crippen LogP contribution in [0.3, 0.4) is 0 Å². The molecule has 3 nitrogen and oxygen atoms in total. The SMILES string of the molecule is CCC(CC)N(CCOC)CC1NCC2CCCC21. The van der Waals surface area contributed by atoms with Crippen LogP contribution in [0.15, 0.2) is 0 Å². The Bertz CT molecular complexity index is 255. The zero-order valence-corrected chi connectivity index (χ0v) is 13.0. The summed E-state index contributed by atoms with van der Waals surface area (Å²) in [6.07, 6.45) is 6.86. The van der Waals surface area contributed by atoms with Crippen LogP contribution in [0.5, 0.6) is 0 Å². The van der Waals surface area contributed by atoms with Crippen LogP contribution in [0.4, 0.5) is 0 Å². The molecular formula is C16H32N2O. The van der Waals surface area contributed by atoms with Gasteiger partial charge in [-0.3, -0.25) is 4.90 Å². The number of methoxy groups -OCH3 is 1. The third-order valence-corrected chi connectivity index (χ3v) is 5.35. The quantitative estimate of drug-likeness (QED) is 0.732. The first kappa shape index (κ1) is 15.3. The van der Waals surface area contributed by atoms with Crippen molar-refractivity contribution in [1.82, 2.24) is 10.2 Å². The summed E-state index contributed by atoms with van der Waals surface area (Å²) in [4.78, 5) is 2.67. The number of hydrogen-bond donors (Lipinski definition) is 1. The van der Waals surface area contributed by atoms with Gasteiger partial charge in [0, 0.05) is 32.3 Å². The molecule has 1 aliphatic heterocycles. The lowest BCUT2D eigenvalue weighted by molar-refractivity contribution is 0.103. The van der Waals surface area contributed by atoms with Gasteiger partial charge in [-0.25, -0.2) is 0 Å². The van der Waals surface area contributed by atoms with Crippen molar-refractivity contribution in [2.75, 3.05) is 33.4 Å². The first-order valence-corrected chi connectivity index (χ1v) is 8.26. The van der Waals surface area contributed by atoms with E-state index in [4.69, 9.17) is 4.74 Å². The van der Waals surface area contributed by atoms with Crippen LogP contribution < -0.4 is 5.32 Å². The first-order valence-electron chi connectivity index (χ1n) is 8.26. The van der Waals surface area contributed by atoms with E-state index >= 15 is 0 Å². The predicted octanol–water partition coefficient (Wildman–Crippen LogP) is 2.51. The van der Waals surface area contributed by atoms with Gasteiger partial charge in [-0.1, -0.05) is 20.3 Å². The van der Waals surface area contributed by atoms with E-state index in [1.165, 1.54) is 45.2 Å². The first-order chi connectivity index (χ1) is 9.30. The van der Waals surface area contributed by atoms with Gasteiger partial charge in [-0.15, -0.1) is 0 Å². The highest BCUT2D eigenvalue weighted by molar-refractivity contribution is 4.95. The highest BCUT2D eigenvalue weighted by Gasteiger charge is 2.39. The number of rotatable bonds is 8. The molecule has 3 atom stereocenters. The topological polar surface area (TPSA) is 24.5 Å². The van der Waals surface area contributed by atoms with Gasteiger partial charge in [0.2, 0.25) is 0 Å². The second-order valence-electron chi connectivity index (χ2n) is 6.33. The van der Waals surface area contributed by atoms with Crippen molar-refractivity contribution in [3.05, 3.63) is 0 Å². The largest absolute Gasteiger partial charge is 0.383 e. The molecule has 1 heterocycles. The predicted molar refractivity (Wildman–Crippen MR) is 80.4 cm³/mol. The Labute approximate surface area is 119 Å². The van der Waals surface area contributed by atoms with E-state index in [2.05, 4.69) is 24.1 Å². The molecule has 1 aliphatic carbocycles. The van der Waals surface area contributed by atoms with Gasteiger partial charge in [-0.05, 0) is 44.1 Å². The molecule has 0 aromatic rings. The van der Waals surface area contributed by atoms with Crippen LogP contribution in [0.1, 0.15) is 46.0 Å². The van der Waals surface area contributed by atoms with Gasteiger partial charge >= 0.3 is 0 Å². The third-order valence-electron chi connectivity index (χ3n) is 5.35. The molecule has 19 heavy (non-hydrogen) atoms. The molecule has 0 bridgehead atoms. The summed E-state index contributed by atoms with van der Waals surface area (Å²) in [5.41, 5.74) is 0. The van der Waals surface area contributed by atoms with Crippen LogP contribution in [0.25, 0.3) is 0 Å². The van der Waals surface area contributed by atoms with Crippen molar-refractivity contribution < 1.29 is 4.74 Å². The molecule has 0 amide bonds. The summed E-state index contributed by atoms with van der Waals surface area (Å²) in [6, 6.07) is 1.45. The highest BCUT2D eigenvalue weighted by atomic mass is 16.5. The van der Waals surface area contributed by atoms with E-state index in [1.54, 1.807) is 0 Å². The summed E-state index contributed by atoms with van der Waals surface area (Å²) >= 11 is 0. The maximum absolute atomic E-state index is 5.30. The van der Waals surface area contributed by atoms with Crippen LogP contribution in [0, 0.1) is 11.8 Å². The molecule has 1 saturated carbocycles. The molecule has 2 rings (SSSR count). The summed E-state index contributed by atoms with van der Waals surface area (Å²) < 4.78 is 5.30. The Balaban J connectivity index is 1.90. The Morgan fingerprint density at radius 1 is 1.26 bits per heavy atom. The maximum atomic E-state index is 5.30. The fourth-order valence-corrected chi connectivity index (χ4v) is 4.19. The minimum absolute atomic E-state index is 0.720. The Hall–Kier alpha value is -0.120. The average Bonchev–Trinajstić information content (AvgIpc) is 3.01. The third kappa shape index (κ3) is 3.71. The number of ether oxygens (including phenoxy) is 1. The van der Waals surface area contributed by atoms with Crippen LogP contribution >= 0.6 is 0 Å². The summed E-state index contributed by atoms with van der Waals surface area (Å²) in [6.45, 7) is 9.05. The van der Waals surface area contributed by atoms with Gasteiger partial charge in [0.1, 0.15) is 0 Å². The summed E-state index contributed by atoms with van der Waals surface area (Å²) in [7, 11) is 1.81. The summed E-state index contributed by atoms with van der Waals surface area (Å²) in [5, 5.41) is 3.79. The van der Waals surface area contributed by atoms with Crippen molar-refractivity contribution in [3.63, 3.8) is 0 Å². The van der Waals surface area contributed by atoms with E-state index in [-0.39, 0.29) is 0 Å². The molecule has 1 N–H and O–H groups in total. The zero-order valence-electron chi connectivity index (χ0n) is 13.0. The van der Waals surface area contributed by atoms with Crippen LogP contribution in [0.2, 0.25) is 0 Å². The van der Waals surface area contributed by atoms with E-state index in [1.807, 2.05) is 7.11 Å². The van der Waals surface area contributed by atoms with Crippen molar-refractivity contribution >= 4 is 0 Å². The zero-order chi connectivity index (χ0) is 13.7. The number of fused-ring (bicyclic) bond motifs is 1. The van der Waals surface area contributed by atoms with Gasteiger partial charge < -0.3 is 10.1 Å². The van der Waals surface area contributed by atoms with E-state index in [9.17, 15) is 0 Å². The van der Waals surface area contributed by atoms with Crippen molar-refractivity contribution in [2.24, 2.45) is 11.8 Å². The number of hydrogen-bond acceptors (Lipinski definition) is 3. The standard InChI is InChI=1S/C16H32N2O/c1-4-14(5-2)18(9-10-19-3)12-16-15-8-6-7-13(15)11-17-16/h13-17H,4-12H2,1-3H3. The molecule has 1 saturated heterocycles. The molecule has 0 aromatic heterocycles. The van der Waals surface area contributed by atoms with Gasteiger partial charge in [0.25, 0.3) is 0 Å². The molecule has 2 fully saturated rings. The molecule has 0 aromatic carbocycles. The number of nitrogens with zero attached hydrogens (tertiary/aromatic N) is 1. The van der Waals surface area contributed by atoms with E-state index in [0.29, 0.717) is 0 Å². The van der Waals surface area contributed by atoms with Crippen molar-refractivity contribution in [3.8, 4) is 0 Å². The Kier molecular flexibility index (Phi) is 6.11. The van der Waals surface area contributed by atoms with Gasteiger partial charge in [-0.2, -0.15) is 0 Å². The molecule has 3 heteroatoms. The Morgan fingerprint density at radius 3 is 2.74 bits per heavy atom. The highest BCUT2D eigenvalue weighted by Crippen LogP contribution is 2.38. The molecule has 0 radical (unpaired) electrons. The van der Waals surface area contributed by atoms with Crippen molar-refractivity contribution in [2.45, 2.75) is 58.0 Å². The molecule has 112 valence electrons. The van der Waals surface area contributed by atoms with Crippen LogP contribution in [-0.2, 0) is 4.74 Å². The molecule has 0 spiro atoms. The molecule has 3 unspecified atom stereocenters. The fraction of sp³-hybridized carbons (Fsp3) is 1.00. The van der Waals surface area contributed by atoms with Crippen molar-refractivity contribution in [1.29, 1.82) is 0 Å². The summed E-state index contributed by atoms with van der Waals surface area (Å²) in [5.74, 6) is 1.91. The molecule has 2 aliphatic rings. The second-order valence-corrected chi connectivity index (χ2v) is 6.33. The number of nitrogens with one attached hydrogen (secondary N) is 1. The smallest absolute Gasteiger partial charge is 0.0589 e. The lowest BCUT2D eigenvalue weighted by atomic mass is 9.93. The van der Waals surface area contributed by atoms with Gasteiger partial charge in [0.05, 0.1) is 6.61 Å². The minimum Gasteiger partial charge on any atom is -0.383 e.